The van der Waals surface area contributed by atoms with Gasteiger partial charge in [-0.15, -0.1) is 0 Å². The van der Waals surface area contributed by atoms with Crippen molar-refractivity contribution in [3.63, 3.8) is 0 Å². The standard InChI is InChI=1S/C25H30N2O6/c1-8-21(28)31-20-11-9-16(10-12-20)17-13-18(26-22(29)32-24(2,3)4)15-19(14-17)27-23(30)33-25(5,6)7/h8-15H,1H2,2-7H3,(H,26,29)(H,27,30). The highest BCUT2D eigenvalue weighted by Gasteiger charge is 2.19. The van der Waals surface area contributed by atoms with E-state index < -0.39 is 29.4 Å². The van der Waals surface area contributed by atoms with Crippen molar-refractivity contribution < 1.29 is 28.6 Å². The molecule has 2 aromatic rings. The molecule has 0 saturated carbocycles. The van der Waals surface area contributed by atoms with Crippen LogP contribution in [0.4, 0.5) is 21.0 Å². The fourth-order valence-corrected chi connectivity index (χ4v) is 2.65. The molecule has 0 radical (unpaired) electrons. The summed E-state index contributed by atoms with van der Waals surface area (Å²) in [7, 11) is 0. The Kier molecular flexibility index (Phi) is 7.87. The third-order valence-electron chi connectivity index (χ3n) is 3.80. The van der Waals surface area contributed by atoms with Gasteiger partial charge in [0.1, 0.15) is 17.0 Å². The van der Waals surface area contributed by atoms with Gasteiger partial charge in [0, 0.05) is 17.5 Å². The fraction of sp³-hybridized carbons (Fsp3) is 0.320. The number of hydrogen-bond donors (Lipinski definition) is 2. The van der Waals surface area contributed by atoms with Crippen LogP contribution in [-0.2, 0) is 14.3 Å². The van der Waals surface area contributed by atoms with Crippen molar-refractivity contribution in [1.29, 1.82) is 0 Å². The van der Waals surface area contributed by atoms with Crippen LogP contribution >= 0.6 is 0 Å². The van der Waals surface area contributed by atoms with Crippen molar-refractivity contribution in [2.75, 3.05) is 10.6 Å². The predicted molar refractivity (Wildman–Crippen MR) is 127 cm³/mol. The van der Waals surface area contributed by atoms with Crippen molar-refractivity contribution in [3.8, 4) is 16.9 Å². The number of nitrogens with one attached hydrogen (secondary N) is 2. The van der Waals surface area contributed by atoms with Gasteiger partial charge in [0.05, 0.1) is 0 Å². The Morgan fingerprint density at radius 2 is 1.21 bits per heavy atom. The Balaban J connectivity index is 2.35. The van der Waals surface area contributed by atoms with Gasteiger partial charge in [0.15, 0.2) is 0 Å². The second kappa shape index (κ2) is 10.2. The van der Waals surface area contributed by atoms with Crippen molar-refractivity contribution in [2.45, 2.75) is 52.7 Å². The normalized spacial score (nSPS) is 11.2. The van der Waals surface area contributed by atoms with Crippen molar-refractivity contribution in [1.82, 2.24) is 0 Å². The SMILES string of the molecule is C=CC(=O)Oc1ccc(-c2cc(NC(=O)OC(C)(C)C)cc(NC(=O)OC(C)(C)C)c2)cc1. The molecule has 0 aliphatic rings. The molecule has 0 aliphatic heterocycles. The van der Waals surface area contributed by atoms with Gasteiger partial charge in [-0.1, -0.05) is 18.7 Å². The Hall–Kier alpha value is -3.81. The van der Waals surface area contributed by atoms with E-state index >= 15 is 0 Å². The maximum Gasteiger partial charge on any atom is 0.412 e. The minimum atomic E-state index is -0.669. The highest BCUT2D eigenvalue weighted by Crippen LogP contribution is 2.29. The van der Waals surface area contributed by atoms with Gasteiger partial charge in [0.2, 0.25) is 0 Å². The summed E-state index contributed by atoms with van der Waals surface area (Å²) >= 11 is 0. The van der Waals surface area contributed by atoms with Gasteiger partial charge >= 0.3 is 18.2 Å². The molecule has 0 fully saturated rings. The first-order valence-corrected chi connectivity index (χ1v) is 10.3. The van der Waals surface area contributed by atoms with Gasteiger partial charge in [0.25, 0.3) is 0 Å². The van der Waals surface area contributed by atoms with Gasteiger partial charge in [-0.05, 0) is 83.0 Å². The maximum atomic E-state index is 12.3. The van der Waals surface area contributed by atoms with Crippen molar-refractivity contribution in [3.05, 3.63) is 55.1 Å². The van der Waals surface area contributed by atoms with Crippen LogP contribution in [0.5, 0.6) is 5.75 Å². The number of amides is 2. The zero-order chi connectivity index (χ0) is 24.8. The monoisotopic (exact) mass is 454 g/mol. The van der Waals surface area contributed by atoms with Crippen LogP contribution in [0.3, 0.4) is 0 Å². The maximum absolute atomic E-state index is 12.3. The summed E-state index contributed by atoms with van der Waals surface area (Å²) in [5.41, 5.74) is 0.935. The molecule has 176 valence electrons. The molecule has 0 bridgehead atoms. The Labute approximate surface area is 193 Å². The molecule has 0 aromatic heterocycles. The molecule has 8 heteroatoms. The Bertz CT molecular complexity index is 982. The van der Waals surface area contributed by atoms with E-state index in [-0.39, 0.29) is 0 Å². The third kappa shape index (κ3) is 9.06. The van der Waals surface area contributed by atoms with Gasteiger partial charge < -0.3 is 14.2 Å². The molecule has 2 aromatic carbocycles. The molecule has 0 aliphatic carbocycles. The molecule has 8 nitrogen and oxygen atoms in total. The topological polar surface area (TPSA) is 103 Å². The number of anilines is 2. The minimum Gasteiger partial charge on any atom is -0.444 e. The highest BCUT2D eigenvalue weighted by molar-refractivity contribution is 5.91. The fourth-order valence-electron chi connectivity index (χ4n) is 2.65. The van der Waals surface area contributed by atoms with Crippen LogP contribution in [0.1, 0.15) is 41.5 Å². The van der Waals surface area contributed by atoms with E-state index in [4.69, 9.17) is 14.2 Å². The van der Waals surface area contributed by atoms with Crippen molar-refractivity contribution in [2.24, 2.45) is 0 Å². The average Bonchev–Trinajstić information content (AvgIpc) is 2.65. The molecule has 2 amide bonds. The molecular weight excluding hydrogens is 424 g/mol. The summed E-state index contributed by atoms with van der Waals surface area (Å²) < 4.78 is 15.7. The van der Waals surface area contributed by atoms with Crippen LogP contribution in [-0.4, -0.2) is 29.4 Å². The first-order valence-electron chi connectivity index (χ1n) is 10.3. The minimum absolute atomic E-state index is 0.360. The molecule has 33 heavy (non-hydrogen) atoms. The Morgan fingerprint density at radius 3 is 1.61 bits per heavy atom. The molecule has 0 atom stereocenters. The first kappa shape index (κ1) is 25.5. The lowest BCUT2D eigenvalue weighted by atomic mass is 10.0. The van der Waals surface area contributed by atoms with E-state index in [0.717, 1.165) is 11.6 Å². The molecule has 0 unspecified atom stereocenters. The third-order valence-corrected chi connectivity index (χ3v) is 3.80. The quantitative estimate of drug-likeness (QED) is 0.320. The summed E-state index contributed by atoms with van der Waals surface area (Å²) in [6, 6.07) is 11.8. The summed E-state index contributed by atoms with van der Waals surface area (Å²) in [6.07, 6.45) is -0.182. The van der Waals surface area contributed by atoms with Crippen LogP contribution in [0.2, 0.25) is 0 Å². The number of carbonyl (C=O) groups is 3. The summed E-state index contributed by atoms with van der Waals surface area (Å²) in [4.78, 5) is 35.9. The molecule has 0 heterocycles. The van der Waals surface area contributed by atoms with Crippen LogP contribution in [0, 0.1) is 0 Å². The first-order chi connectivity index (χ1) is 15.2. The molecule has 2 rings (SSSR count). The molecular formula is C25H30N2O6. The van der Waals surface area contributed by atoms with E-state index in [1.807, 2.05) is 0 Å². The zero-order valence-electron chi connectivity index (χ0n) is 19.8. The largest absolute Gasteiger partial charge is 0.444 e. The number of rotatable bonds is 5. The van der Waals surface area contributed by atoms with Crippen LogP contribution < -0.4 is 15.4 Å². The molecule has 0 saturated heterocycles. The second-order valence-electron chi connectivity index (χ2n) is 9.20. The van der Waals surface area contributed by atoms with E-state index in [0.29, 0.717) is 22.7 Å². The van der Waals surface area contributed by atoms with E-state index in [1.54, 1.807) is 84.0 Å². The number of hydrogen-bond acceptors (Lipinski definition) is 6. The summed E-state index contributed by atoms with van der Waals surface area (Å²) in [5, 5.41) is 5.36. The zero-order valence-corrected chi connectivity index (χ0v) is 19.8. The average molecular weight is 455 g/mol. The number of carbonyl (C=O) groups excluding carboxylic acids is 3. The Morgan fingerprint density at radius 1 is 0.758 bits per heavy atom. The van der Waals surface area contributed by atoms with Gasteiger partial charge in [-0.25, -0.2) is 14.4 Å². The summed E-state index contributed by atoms with van der Waals surface area (Å²) in [6.45, 7) is 13.9. The van der Waals surface area contributed by atoms with Crippen LogP contribution in [0.15, 0.2) is 55.1 Å². The van der Waals surface area contributed by atoms with Gasteiger partial charge in [-0.2, -0.15) is 0 Å². The lowest BCUT2D eigenvalue weighted by Crippen LogP contribution is -2.28. The number of benzene rings is 2. The number of ether oxygens (including phenoxy) is 3. The lowest BCUT2D eigenvalue weighted by molar-refractivity contribution is -0.128. The molecule has 0 spiro atoms. The number of esters is 1. The smallest absolute Gasteiger partial charge is 0.412 e. The van der Waals surface area contributed by atoms with E-state index in [2.05, 4.69) is 17.2 Å². The predicted octanol–water partition coefficient (Wildman–Crippen LogP) is 6.14. The second-order valence-corrected chi connectivity index (χ2v) is 9.20. The van der Waals surface area contributed by atoms with E-state index in [1.165, 1.54) is 0 Å². The summed E-state index contributed by atoms with van der Waals surface area (Å²) in [5.74, 6) is -0.200. The molecule has 2 N–H and O–H groups in total. The van der Waals surface area contributed by atoms with Gasteiger partial charge in [-0.3, -0.25) is 10.6 Å². The highest BCUT2D eigenvalue weighted by atomic mass is 16.6. The van der Waals surface area contributed by atoms with Crippen molar-refractivity contribution >= 4 is 29.5 Å². The van der Waals surface area contributed by atoms with E-state index in [9.17, 15) is 14.4 Å². The van der Waals surface area contributed by atoms with Crippen LogP contribution in [0.25, 0.3) is 11.1 Å². The lowest BCUT2D eigenvalue weighted by Gasteiger charge is -2.21.